The Balaban J connectivity index is 1.97. The summed E-state index contributed by atoms with van der Waals surface area (Å²) < 4.78 is 39.2. The summed E-state index contributed by atoms with van der Waals surface area (Å²) in [5.41, 5.74) is 2.02. The highest BCUT2D eigenvalue weighted by Crippen LogP contribution is 2.20. The van der Waals surface area contributed by atoms with Gasteiger partial charge in [0.2, 0.25) is 10.0 Å². The molecule has 2 aromatic carbocycles. The zero-order valence-electron chi connectivity index (χ0n) is 14.0. The van der Waals surface area contributed by atoms with E-state index in [1.54, 1.807) is 50.2 Å². The van der Waals surface area contributed by atoms with Crippen LogP contribution in [0.1, 0.15) is 18.1 Å². The maximum absolute atomic E-state index is 13.5. The molecule has 2 aromatic rings. The molecule has 0 aliphatic heterocycles. The smallest absolute Gasteiger partial charge is 0.319 e. The van der Waals surface area contributed by atoms with Crippen molar-refractivity contribution in [2.45, 2.75) is 20.4 Å². The SMILES string of the molecule is CCS(=O)(=O)Nc1ccc(NC(=O)NCc2ccccc2F)cc1C. The number of hydrogen-bond donors (Lipinski definition) is 3. The van der Waals surface area contributed by atoms with Crippen molar-refractivity contribution >= 4 is 27.4 Å². The topological polar surface area (TPSA) is 87.3 Å². The highest BCUT2D eigenvalue weighted by molar-refractivity contribution is 7.92. The van der Waals surface area contributed by atoms with Crippen molar-refractivity contribution in [3.05, 3.63) is 59.4 Å². The molecule has 6 nitrogen and oxygen atoms in total. The lowest BCUT2D eigenvalue weighted by molar-refractivity contribution is 0.251. The molecule has 0 bridgehead atoms. The van der Waals surface area contributed by atoms with Crippen LogP contribution in [0.2, 0.25) is 0 Å². The largest absolute Gasteiger partial charge is 0.334 e. The molecule has 0 fully saturated rings. The van der Waals surface area contributed by atoms with Crippen LogP contribution in [0, 0.1) is 12.7 Å². The summed E-state index contributed by atoms with van der Waals surface area (Å²) in [4.78, 5) is 11.9. The predicted molar refractivity (Wildman–Crippen MR) is 96.5 cm³/mol. The average Bonchev–Trinajstić information content (AvgIpc) is 2.56. The summed E-state index contributed by atoms with van der Waals surface area (Å²) in [5.74, 6) is -0.406. The van der Waals surface area contributed by atoms with Gasteiger partial charge in [-0.1, -0.05) is 18.2 Å². The van der Waals surface area contributed by atoms with E-state index in [1.165, 1.54) is 6.07 Å². The van der Waals surface area contributed by atoms with Gasteiger partial charge in [-0.25, -0.2) is 17.6 Å². The van der Waals surface area contributed by atoms with Crippen LogP contribution in [-0.2, 0) is 16.6 Å². The van der Waals surface area contributed by atoms with Gasteiger partial charge in [-0.3, -0.25) is 4.72 Å². The number of anilines is 2. The van der Waals surface area contributed by atoms with Crippen LogP contribution in [0.15, 0.2) is 42.5 Å². The van der Waals surface area contributed by atoms with Gasteiger partial charge in [0.1, 0.15) is 5.82 Å². The maximum Gasteiger partial charge on any atom is 0.319 e. The molecule has 0 aliphatic carbocycles. The fraction of sp³-hybridized carbons (Fsp3) is 0.235. The second-order valence-corrected chi connectivity index (χ2v) is 7.45. The molecule has 8 heteroatoms. The van der Waals surface area contributed by atoms with Crippen molar-refractivity contribution in [3.8, 4) is 0 Å². The van der Waals surface area contributed by atoms with E-state index >= 15 is 0 Å². The van der Waals surface area contributed by atoms with E-state index in [9.17, 15) is 17.6 Å². The molecule has 0 saturated heterocycles. The minimum Gasteiger partial charge on any atom is -0.334 e. The number of urea groups is 1. The average molecular weight is 365 g/mol. The first kappa shape index (κ1) is 18.7. The predicted octanol–water partition coefficient (Wildman–Crippen LogP) is 3.22. The lowest BCUT2D eigenvalue weighted by Gasteiger charge is -2.12. The molecule has 2 rings (SSSR count). The highest BCUT2D eigenvalue weighted by atomic mass is 32.2. The number of halogens is 1. The van der Waals surface area contributed by atoms with Crippen LogP contribution in [-0.4, -0.2) is 20.2 Å². The number of sulfonamides is 1. The summed E-state index contributed by atoms with van der Waals surface area (Å²) in [6.45, 7) is 3.34. The third-order valence-electron chi connectivity index (χ3n) is 3.53. The van der Waals surface area contributed by atoms with Crippen molar-refractivity contribution in [2.24, 2.45) is 0 Å². The highest BCUT2D eigenvalue weighted by Gasteiger charge is 2.10. The van der Waals surface area contributed by atoms with Crippen LogP contribution < -0.4 is 15.4 Å². The van der Waals surface area contributed by atoms with Gasteiger partial charge in [0.25, 0.3) is 0 Å². The quantitative estimate of drug-likeness (QED) is 0.734. The number of carbonyl (C=O) groups excluding carboxylic acids is 1. The summed E-state index contributed by atoms with van der Waals surface area (Å²) in [6, 6.07) is 10.5. The van der Waals surface area contributed by atoms with E-state index in [1.807, 2.05) is 0 Å². The Bertz CT molecular complexity index is 869. The molecule has 0 aromatic heterocycles. The zero-order valence-corrected chi connectivity index (χ0v) is 14.8. The third kappa shape index (κ3) is 5.46. The molecule has 2 amide bonds. The second kappa shape index (κ2) is 7.98. The number of nitrogens with one attached hydrogen (secondary N) is 3. The van der Waals surface area contributed by atoms with Crippen molar-refractivity contribution in [1.82, 2.24) is 5.32 Å². The van der Waals surface area contributed by atoms with Crippen LogP contribution in [0.25, 0.3) is 0 Å². The molecular formula is C17H20FN3O3S. The Morgan fingerprint density at radius 2 is 1.88 bits per heavy atom. The molecule has 3 N–H and O–H groups in total. The molecular weight excluding hydrogens is 345 g/mol. The van der Waals surface area contributed by atoms with Crippen LogP contribution in [0.5, 0.6) is 0 Å². The number of benzene rings is 2. The Morgan fingerprint density at radius 3 is 2.52 bits per heavy atom. The minimum absolute atomic E-state index is 0.0229. The van der Waals surface area contributed by atoms with Gasteiger partial charge in [0.05, 0.1) is 11.4 Å². The van der Waals surface area contributed by atoms with E-state index in [4.69, 9.17) is 0 Å². The van der Waals surface area contributed by atoms with Crippen molar-refractivity contribution in [3.63, 3.8) is 0 Å². The van der Waals surface area contributed by atoms with Gasteiger partial charge >= 0.3 is 6.03 Å². The fourth-order valence-corrected chi connectivity index (χ4v) is 2.80. The Labute approximate surface area is 146 Å². The molecule has 0 spiro atoms. The molecule has 25 heavy (non-hydrogen) atoms. The van der Waals surface area contributed by atoms with Crippen LogP contribution >= 0.6 is 0 Å². The molecule has 0 aliphatic rings. The van der Waals surface area contributed by atoms with E-state index in [0.717, 1.165) is 0 Å². The molecule has 0 heterocycles. The third-order valence-corrected chi connectivity index (χ3v) is 4.82. The van der Waals surface area contributed by atoms with Crippen LogP contribution in [0.3, 0.4) is 0 Å². The maximum atomic E-state index is 13.5. The number of rotatable bonds is 6. The monoisotopic (exact) mass is 365 g/mol. The Kier molecular flexibility index (Phi) is 5.97. The normalized spacial score (nSPS) is 11.0. The van der Waals surface area contributed by atoms with Gasteiger partial charge in [0, 0.05) is 17.8 Å². The Morgan fingerprint density at radius 1 is 1.16 bits per heavy atom. The zero-order chi connectivity index (χ0) is 18.4. The van der Waals surface area contributed by atoms with E-state index in [-0.39, 0.29) is 18.1 Å². The molecule has 0 radical (unpaired) electrons. The van der Waals surface area contributed by atoms with Gasteiger partial charge in [0.15, 0.2) is 0 Å². The molecule has 0 saturated carbocycles. The fourth-order valence-electron chi connectivity index (χ4n) is 2.09. The number of carbonyl (C=O) groups is 1. The van der Waals surface area contributed by atoms with Crippen LogP contribution in [0.4, 0.5) is 20.6 Å². The van der Waals surface area contributed by atoms with Gasteiger partial charge in [-0.2, -0.15) is 0 Å². The van der Waals surface area contributed by atoms with E-state index in [2.05, 4.69) is 15.4 Å². The molecule has 0 atom stereocenters. The number of hydrogen-bond acceptors (Lipinski definition) is 3. The number of amides is 2. The lowest BCUT2D eigenvalue weighted by atomic mass is 10.2. The first-order valence-corrected chi connectivity index (χ1v) is 9.35. The second-order valence-electron chi connectivity index (χ2n) is 5.43. The minimum atomic E-state index is -3.36. The van der Waals surface area contributed by atoms with Crippen molar-refractivity contribution in [2.75, 3.05) is 15.8 Å². The summed E-state index contributed by atoms with van der Waals surface area (Å²) >= 11 is 0. The Hall–Kier alpha value is -2.61. The summed E-state index contributed by atoms with van der Waals surface area (Å²) in [7, 11) is -3.36. The van der Waals surface area contributed by atoms with E-state index < -0.39 is 16.1 Å². The summed E-state index contributed by atoms with van der Waals surface area (Å²) in [5, 5.41) is 5.19. The summed E-state index contributed by atoms with van der Waals surface area (Å²) in [6.07, 6.45) is 0. The van der Waals surface area contributed by atoms with Gasteiger partial charge < -0.3 is 10.6 Å². The van der Waals surface area contributed by atoms with Crippen molar-refractivity contribution in [1.29, 1.82) is 0 Å². The van der Waals surface area contributed by atoms with Crippen molar-refractivity contribution < 1.29 is 17.6 Å². The molecule has 134 valence electrons. The standard InChI is InChI=1S/C17H20FN3O3S/c1-3-25(23,24)21-16-9-8-14(10-12(16)2)20-17(22)19-11-13-6-4-5-7-15(13)18/h4-10,21H,3,11H2,1-2H3,(H2,19,20,22). The number of aryl methyl sites for hydroxylation is 1. The first-order chi connectivity index (χ1) is 11.8. The van der Waals surface area contributed by atoms with E-state index in [0.29, 0.717) is 22.5 Å². The lowest BCUT2D eigenvalue weighted by Crippen LogP contribution is -2.28. The molecule has 0 unspecified atom stereocenters. The first-order valence-electron chi connectivity index (χ1n) is 7.70. The van der Waals surface area contributed by atoms with Gasteiger partial charge in [-0.05, 0) is 43.7 Å². The van der Waals surface area contributed by atoms with Gasteiger partial charge in [-0.15, -0.1) is 0 Å².